The monoisotopic (exact) mass is 242 g/mol. The zero-order chi connectivity index (χ0) is 13.5. The zero-order valence-corrected chi connectivity index (χ0v) is 9.64. The van der Waals surface area contributed by atoms with Gasteiger partial charge in [-0.1, -0.05) is 20.8 Å². The Balaban J connectivity index is 3.77. The third-order valence-electron chi connectivity index (χ3n) is 2.36. The highest BCUT2D eigenvalue weighted by Crippen LogP contribution is 2.50. The van der Waals surface area contributed by atoms with Crippen molar-refractivity contribution in [2.45, 2.75) is 26.2 Å². The van der Waals surface area contributed by atoms with Crippen molar-refractivity contribution >= 4 is 5.97 Å². The molecule has 0 saturated carbocycles. The van der Waals surface area contributed by atoms with E-state index in [-0.39, 0.29) is 5.56 Å². The molecule has 6 heteroatoms. The minimum absolute atomic E-state index is 0.113. The van der Waals surface area contributed by atoms with Gasteiger partial charge in [0.1, 0.15) is 0 Å². The van der Waals surface area contributed by atoms with Gasteiger partial charge in [0, 0.05) is 5.56 Å². The standard InChI is InChI=1S/C11H14O6/c1-11(2,3)5-8(14)6(12)4(10(16)17)7(13)9(5)15/h12-15H,1-3H3,(H,16,17). The first-order valence-electron chi connectivity index (χ1n) is 4.82. The average Bonchev–Trinajstić information content (AvgIpc) is 2.12. The van der Waals surface area contributed by atoms with Crippen LogP contribution in [0.3, 0.4) is 0 Å². The maximum Gasteiger partial charge on any atom is 0.343 e. The van der Waals surface area contributed by atoms with Crippen molar-refractivity contribution in [3.63, 3.8) is 0 Å². The number of carboxylic acid groups (broad SMARTS) is 1. The Kier molecular flexibility index (Phi) is 2.84. The molecule has 17 heavy (non-hydrogen) atoms. The predicted molar refractivity (Wildman–Crippen MR) is 58.8 cm³/mol. The molecule has 0 atom stereocenters. The summed E-state index contributed by atoms with van der Waals surface area (Å²) in [5, 5.41) is 47.1. The van der Waals surface area contributed by atoms with Gasteiger partial charge in [-0.3, -0.25) is 0 Å². The molecule has 0 amide bonds. The highest BCUT2D eigenvalue weighted by atomic mass is 16.4. The van der Waals surface area contributed by atoms with Crippen LogP contribution in [0.5, 0.6) is 23.0 Å². The Hall–Kier alpha value is -2.11. The number of carbonyl (C=O) groups is 1. The summed E-state index contributed by atoms with van der Waals surface area (Å²) in [6.45, 7) is 4.88. The van der Waals surface area contributed by atoms with Crippen LogP contribution in [0.1, 0.15) is 36.7 Å². The van der Waals surface area contributed by atoms with E-state index in [1.807, 2.05) is 0 Å². The van der Waals surface area contributed by atoms with Gasteiger partial charge in [0.05, 0.1) is 0 Å². The zero-order valence-electron chi connectivity index (χ0n) is 9.64. The molecule has 0 spiro atoms. The quantitative estimate of drug-likeness (QED) is 0.376. The number of aromatic hydroxyl groups is 4. The second kappa shape index (κ2) is 3.73. The Morgan fingerprint density at radius 2 is 1.24 bits per heavy atom. The number of rotatable bonds is 1. The second-order valence-corrected chi connectivity index (χ2v) is 4.70. The van der Waals surface area contributed by atoms with Gasteiger partial charge in [0.2, 0.25) is 0 Å². The van der Waals surface area contributed by atoms with Crippen molar-refractivity contribution in [3.05, 3.63) is 11.1 Å². The molecule has 0 unspecified atom stereocenters. The highest BCUT2D eigenvalue weighted by molar-refractivity contribution is 5.97. The summed E-state index contributed by atoms with van der Waals surface area (Å²) in [5.41, 5.74) is -1.81. The summed E-state index contributed by atoms with van der Waals surface area (Å²) >= 11 is 0. The molecule has 0 heterocycles. The van der Waals surface area contributed by atoms with Crippen LogP contribution in [-0.2, 0) is 5.41 Å². The van der Waals surface area contributed by atoms with Crippen molar-refractivity contribution in [2.24, 2.45) is 0 Å². The fourth-order valence-electron chi connectivity index (χ4n) is 1.61. The van der Waals surface area contributed by atoms with Crippen LogP contribution < -0.4 is 0 Å². The Bertz CT molecular complexity index is 455. The average molecular weight is 242 g/mol. The van der Waals surface area contributed by atoms with Crippen molar-refractivity contribution < 1.29 is 30.3 Å². The molecular formula is C11H14O6. The summed E-state index contributed by atoms with van der Waals surface area (Å²) in [6.07, 6.45) is 0. The smallest absolute Gasteiger partial charge is 0.343 e. The Morgan fingerprint density at radius 3 is 1.47 bits per heavy atom. The number of carboxylic acids is 1. The minimum atomic E-state index is -1.65. The van der Waals surface area contributed by atoms with E-state index in [9.17, 15) is 25.2 Å². The van der Waals surface area contributed by atoms with E-state index >= 15 is 0 Å². The molecule has 0 radical (unpaired) electrons. The van der Waals surface area contributed by atoms with Gasteiger partial charge < -0.3 is 25.5 Å². The SMILES string of the molecule is CC(C)(C)c1c(O)c(O)c(C(=O)O)c(O)c1O. The van der Waals surface area contributed by atoms with Gasteiger partial charge in [-0.25, -0.2) is 4.79 Å². The van der Waals surface area contributed by atoms with E-state index in [0.717, 1.165) is 0 Å². The predicted octanol–water partition coefficient (Wildman–Crippen LogP) is 1.50. The van der Waals surface area contributed by atoms with Crippen LogP contribution in [0.4, 0.5) is 0 Å². The molecule has 1 aromatic rings. The lowest BCUT2D eigenvalue weighted by atomic mass is 9.84. The lowest BCUT2D eigenvalue weighted by Gasteiger charge is -2.23. The lowest BCUT2D eigenvalue weighted by molar-refractivity contribution is 0.0688. The second-order valence-electron chi connectivity index (χ2n) is 4.70. The molecule has 1 rings (SSSR count). The van der Waals surface area contributed by atoms with E-state index in [1.165, 1.54) is 0 Å². The number of phenols is 4. The van der Waals surface area contributed by atoms with Crippen molar-refractivity contribution in [1.82, 2.24) is 0 Å². The van der Waals surface area contributed by atoms with Gasteiger partial charge in [-0.05, 0) is 5.41 Å². The molecule has 0 saturated heterocycles. The number of phenolic OH excluding ortho intramolecular Hbond substituents is 2. The molecule has 1 aromatic carbocycles. The summed E-state index contributed by atoms with van der Waals surface area (Å²) < 4.78 is 0. The van der Waals surface area contributed by atoms with Gasteiger partial charge in [-0.2, -0.15) is 0 Å². The summed E-state index contributed by atoms with van der Waals surface area (Å²) in [6, 6.07) is 0. The van der Waals surface area contributed by atoms with Crippen molar-refractivity contribution in [3.8, 4) is 23.0 Å². The summed E-state index contributed by atoms with van der Waals surface area (Å²) in [7, 11) is 0. The topological polar surface area (TPSA) is 118 Å². The molecule has 0 aromatic heterocycles. The molecule has 0 aliphatic carbocycles. The van der Waals surface area contributed by atoms with E-state index in [2.05, 4.69) is 0 Å². The third-order valence-corrected chi connectivity index (χ3v) is 2.36. The maximum atomic E-state index is 10.8. The van der Waals surface area contributed by atoms with E-state index in [4.69, 9.17) is 5.11 Å². The molecule has 0 bridgehead atoms. The van der Waals surface area contributed by atoms with Crippen LogP contribution in [0.25, 0.3) is 0 Å². The normalized spacial score (nSPS) is 11.5. The van der Waals surface area contributed by atoms with Crippen LogP contribution in [0.15, 0.2) is 0 Å². The molecule has 5 N–H and O–H groups in total. The first-order chi connectivity index (χ1) is 7.59. The fraction of sp³-hybridized carbons (Fsp3) is 0.364. The third kappa shape index (κ3) is 1.93. The largest absolute Gasteiger partial charge is 0.504 e. The maximum absolute atomic E-state index is 10.8. The summed E-state index contributed by atoms with van der Waals surface area (Å²) in [5.74, 6) is -5.06. The molecule has 94 valence electrons. The van der Waals surface area contributed by atoms with Crippen LogP contribution in [-0.4, -0.2) is 31.5 Å². The van der Waals surface area contributed by atoms with Crippen molar-refractivity contribution in [2.75, 3.05) is 0 Å². The molecule has 0 aliphatic rings. The van der Waals surface area contributed by atoms with Gasteiger partial charge in [0.25, 0.3) is 0 Å². The minimum Gasteiger partial charge on any atom is -0.504 e. The summed E-state index contributed by atoms with van der Waals surface area (Å²) in [4.78, 5) is 10.8. The molecule has 6 nitrogen and oxygen atoms in total. The number of benzene rings is 1. The lowest BCUT2D eigenvalue weighted by Crippen LogP contribution is -2.13. The fourth-order valence-corrected chi connectivity index (χ4v) is 1.61. The number of hydrogen-bond acceptors (Lipinski definition) is 5. The van der Waals surface area contributed by atoms with E-state index in [0.29, 0.717) is 0 Å². The van der Waals surface area contributed by atoms with Gasteiger partial charge in [-0.15, -0.1) is 0 Å². The number of hydrogen-bond donors (Lipinski definition) is 5. The molecular weight excluding hydrogens is 228 g/mol. The van der Waals surface area contributed by atoms with Crippen molar-refractivity contribution in [1.29, 1.82) is 0 Å². The van der Waals surface area contributed by atoms with Gasteiger partial charge in [0.15, 0.2) is 28.6 Å². The van der Waals surface area contributed by atoms with Gasteiger partial charge >= 0.3 is 5.97 Å². The first kappa shape index (κ1) is 13.0. The first-order valence-corrected chi connectivity index (χ1v) is 4.82. The van der Waals surface area contributed by atoms with E-state index < -0.39 is 39.9 Å². The van der Waals surface area contributed by atoms with Crippen LogP contribution in [0, 0.1) is 0 Å². The van der Waals surface area contributed by atoms with Crippen LogP contribution >= 0.6 is 0 Å². The van der Waals surface area contributed by atoms with E-state index in [1.54, 1.807) is 20.8 Å². The Labute approximate surface area is 97.4 Å². The van der Waals surface area contributed by atoms with Crippen LogP contribution in [0.2, 0.25) is 0 Å². The highest BCUT2D eigenvalue weighted by Gasteiger charge is 2.32. The molecule has 0 fully saturated rings. The molecule has 0 aliphatic heterocycles. The Morgan fingerprint density at radius 1 is 0.882 bits per heavy atom. The number of aromatic carboxylic acids is 1.